The standard InChI is InChI=1S/C13H17FO/c1-13(2,3)12(14)9-11(15)10-7-5-4-6-8-10/h4-8,12H,9H2,1-3H3. The van der Waals surface area contributed by atoms with Gasteiger partial charge in [0.15, 0.2) is 5.78 Å². The molecule has 0 bridgehead atoms. The van der Waals surface area contributed by atoms with Crippen LogP contribution in [-0.4, -0.2) is 12.0 Å². The highest BCUT2D eigenvalue weighted by Gasteiger charge is 2.26. The number of Topliss-reactive ketones (excluding diaryl/α,β-unsaturated/α-hetero) is 1. The van der Waals surface area contributed by atoms with Crippen molar-refractivity contribution in [1.29, 1.82) is 0 Å². The predicted molar refractivity (Wildman–Crippen MR) is 59.7 cm³/mol. The Morgan fingerprint density at radius 3 is 2.27 bits per heavy atom. The number of carbonyl (C=O) groups is 1. The van der Waals surface area contributed by atoms with E-state index in [0.717, 1.165) is 0 Å². The zero-order chi connectivity index (χ0) is 11.5. The lowest BCUT2D eigenvalue weighted by atomic mass is 9.86. The van der Waals surface area contributed by atoms with Gasteiger partial charge in [-0.1, -0.05) is 51.1 Å². The molecule has 1 atom stereocenters. The first-order valence-electron chi connectivity index (χ1n) is 5.13. The van der Waals surface area contributed by atoms with Crippen LogP contribution < -0.4 is 0 Å². The van der Waals surface area contributed by atoms with Crippen molar-refractivity contribution in [2.24, 2.45) is 5.41 Å². The fourth-order valence-electron chi connectivity index (χ4n) is 1.21. The van der Waals surface area contributed by atoms with Crippen LogP contribution in [0.15, 0.2) is 30.3 Å². The normalized spacial score (nSPS) is 13.6. The van der Waals surface area contributed by atoms with Crippen LogP contribution in [-0.2, 0) is 0 Å². The van der Waals surface area contributed by atoms with Crippen LogP contribution in [0.5, 0.6) is 0 Å². The predicted octanol–water partition coefficient (Wildman–Crippen LogP) is 3.64. The van der Waals surface area contributed by atoms with Crippen molar-refractivity contribution in [3.8, 4) is 0 Å². The molecule has 0 N–H and O–H groups in total. The summed E-state index contributed by atoms with van der Waals surface area (Å²) in [6.07, 6.45) is -1.13. The van der Waals surface area contributed by atoms with Crippen molar-refractivity contribution in [2.75, 3.05) is 0 Å². The molecule has 1 rings (SSSR count). The Kier molecular flexibility index (Phi) is 3.61. The van der Waals surface area contributed by atoms with Gasteiger partial charge in [0.05, 0.1) is 0 Å². The monoisotopic (exact) mass is 208 g/mol. The summed E-state index contributed by atoms with van der Waals surface area (Å²) >= 11 is 0. The second kappa shape index (κ2) is 4.56. The van der Waals surface area contributed by atoms with E-state index in [4.69, 9.17) is 0 Å². The average Bonchev–Trinajstić information content (AvgIpc) is 2.17. The van der Waals surface area contributed by atoms with E-state index in [-0.39, 0.29) is 12.2 Å². The third-order valence-electron chi connectivity index (χ3n) is 2.40. The van der Waals surface area contributed by atoms with Crippen molar-refractivity contribution in [3.05, 3.63) is 35.9 Å². The number of alkyl halides is 1. The molecule has 0 aliphatic carbocycles. The number of carbonyl (C=O) groups excluding carboxylic acids is 1. The second-order valence-electron chi connectivity index (χ2n) is 4.83. The molecule has 0 fully saturated rings. The lowest BCUT2D eigenvalue weighted by molar-refractivity contribution is 0.0862. The minimum Gasteiger partial charge on any atom is -0.294 e. The first-order valence-corrected chi connectivity index (χ1v) is 5.13. The number of hydrogen-bond acceptors (Lipinski definition) is 1. The van der Waals surface area contributed by atoms with Gasteiger partial charge >= 0.3 is 0 Å². The maximum atomic E-state index is 13.6. The summed E-state index contributed by atoms with van der Waals surface area (Å²) in [6, 6.07) is 8.86. The first kappa shape index (κ1) is 11.9. The van der Waals surface area contributed by atoms with Crippen LogP contribution in [0.2, 0.25) is 0 Å². The molecule has 1 unspecified atom stereocenters. The smallest absolute Gasteiger partial charge is 0.165 e. The Labute approximate surface area is 90.3 Å². The van der Waals surface area contributed by atoms with Crippen molar-refractivity contribution >= 4 is 5.78 Å². The Morgan fingerprint density at radius 2 is 1.80 bits per heavy atom. The quantitative estimate of drug-likeness (QED) is 0.693. The minimum atomic E-state index is -1.09. The molecule has 1 nitrogen and oxygen atoms in total. The van der Waals surface area contributed by atoms with E-state index in [1.54, 1.807) is 45.0 Å². The third kappa shape index (κ3) is 3.46. The van der Waals surface area contributed by atoms with Crippen molar-refractivity contribution in [2.45, 2.75) is 33.4 Å². The molecular formula is C13H17FO. The lowest BCUT2D eigenvalue weighted by Crippen LogP contribution is -2.24. The first-order chi connectivity index (χ1) is 6.91. The maximum Gasteiger partial charge on any atom is 0.165 e. The molecule has 0 heterocycles. The lowest BCUT2D eigenvalue weighted by Gasteiger charge is -2.22. The van der Waals surface area contributed by atoms with Gasteiger partial charge in [0.25, 0.3) is 0 Å². The molecule has 0 saturated carbocycles. The molecule has 0 radical (unpaired) electrons. The van der Waals surface area contributed by atoms with Crippen LogP contribution in [0, 0.1) is 5.41 Å². The zero-order valence-electron chi connectivity index (χ0n) is 9.46. The largest absolute Gasteiger partial charge is 0.294 e. The molecule has 1 aromatic carbocycles. The summed E-state index contributed by atoms with van der Waals surface area (Å²) in [5.41, 5.74) is 0.120. The third-order valence-corrected chi connectivity index (χ3v) is 2.40. The van der Waals surface area contributed by atoms with Crippen molar-refractivity contribution in [3.63, 3.8) is 0 Å². The van der Waals surface area contributed by atoms with Crippen LogP contribution in [0.25, 0.3) is 0 Å². The molecule has 0 amide bonds. The Bertz CT molecular complexity index is 324. The Morgan fingerprint density at radius 1 is 1.27 bits per heavy atom. The molecule has 0 aromatic heterocycles. The van der Waals surface area contributed by atoms with Gasteiger partial charge in [0.2, 0.25) is 0 Å². The molecule has 0 aliphatic rings. The van der Waals surface area contributed by atoms with E-state index in [2.05, 4.69) is 0 Å². The highest BCUT2D eigenvalue weighted by atomic mass is 19.1. The second-order valence-corrected chi connectivity index (χ2v) is 4.83. The summed E-state index contributed by atoms with van der Waals surface area (Å²) in [5, 5.41) is 0. The minimum absolute atomic E-state index is 0.0342. The fraction of sp³-hybridized carbons (Fsp3) is 0.462. The van der Waals surface area contributed by atoms with Crippen LogP contribution in [0.1, 0.15) is 37.6 Å². The number of ketones is 1. The van der Waals surface area contributed by atoms with Gasteiger partial charge in [-0.15, -0.1) is 0 Å². The van der Waals surface area contributed by atoms with E-state index in [9.17, 15) is 9.18 Å². The molecule has 0 spiro atoms. The molecule has 0 saturated heterocycles. The number of rotatable bonds is 3. The highest BCUT2D eigenvalue weighted by Crippen LogP contribution is 2.26. The topological polar surface area (TPSA) is 17.1 Å². The van der Waals surface area contributed by atoms with Gasteiger partial charge in [0, 0.05) is 12.0 Å². The van der Waals surface area contributed by atoms with Gasteiger partial charge in [-0.2, -0.15) is 0 Å². The van der Waals surface area contributed by atoms with Gasteiger partial charge in [-0.25, -0.2) is 4.39 Å². The van der Waals surface area contributed by atoms with E-state index in [0.29, 0.717) is 5.56 Å². The molecule has 1 aromatic rings. The average molecular weight is 208 g/mol. The van der Waals surface area contributed by atoms with E-state index < -0.39 is 11.6 Å². The van der Waals surface area contributed by atoms with Crippen molar-refractivity contribution < 1.29 is 9.18 Å². The van der Waals surface area contributed by atoms with Crippen molar-refractivity contribution in [1.82, 2.24) is 0 Å². The summed E-state index contributed by atoms with van der Waals surface area (Å²) in [7, 11) is 0. The van der Waals surface area contributed by atoms with E-state index >= 15 is 0 Å². The summed E-state index contributed by atoms with van der Waals surface area (Å²) in [4.78, 5) is 11.7. The number of halogens is 1. The van der Waals surface area contributed by atoms with E-state index in [1.807, 2.05) is 6.07 Å². The van der Waals surface area contributed by atoms with Gasteiger partial charge in [-0.05, 0) is 5.41 Å². The van der Waals surface area contributed by atoms with Crippen LogP contribution >= 0.6 is 0 Å². The zero-order valence-corrected chi connectivity index (χ0v) is 9.46. The summed E-state index contributed by atoms with van der Waals surface area (Å²) in [5.74, 6) is -0.127. The molecule has 2 heteroatoms. The van der Waals surface area contributed by atoms with Gasteiger partial charge in [0.1, 0.15) is 6.17 Å². The maximum absolute atomic E-state index is 13.6. The van der Waals surface area contributed by atoms with Crippen LogP contribution in [0.4, 0.5) is 4.39 Å². The fourth-order valence-corrected chi connectivity index (χ4v) is 1.21. The van der Waals surface area contributed by atoms with Crippen LogP contribution in [0.3, 0.4) is 0 Å². The SMILES string of the molecule is CC(C)(C)C(F)CC(=O)c1ccccc1. The summed E-state index contributed by atoms with van der Waals surface area (Å²) < 4.78 is 13.6. The summed E-state index contributed by atoms with van der Waals surface area (Å²) in [6.45, 7) is 5.40. The molecular weight excluding hydrogens is 191 g/mol. The van der Waals surface area contributed by atoms with Gasteiger partial charge < -0.3 is 0 Å². The number of benzene rings is 1. The Balaban J connectivity index is 2.65. The molecule has 0 aliphatic heterocycles. The van der Waals surface area contributed by atoms with Gasteiger partial charge in [-0.3, -0.25) is 4.79 Å². The molecule has 15 heavy (non-hydrogen) atoms. The Hall–Kier alpha value is -1.18. The molecule has 82 valence electrons. The number of hydrogen-bond donors (Lipinski definition) is 0. The highest BCUT2D eigenvalue weighted by molar-refractivity contribution is 5.96. The van der Waals surface area contributed by atoms with E-state index in [1.165, 1.54) is 0 Å².